The molecule has 1 fully saturated rings. The van der Waals surface area contributed by atoms with Crippen LogP contribution in [0.1, 0.15) is 12.8 Å². The molecule has 1 aromatic carbocycles. The van der Waals surface area contributed by atoms with E-state index in [0.717, 1.165) is 0 Å². The predicted molar refractivity (Wildman–Crippen MR) is 76.0 cm³/mol. The van der Waals surface area contributed by atoms with Gasteiger partial charge in [0.1, 0.15) is 5.69 Å². The SMILES string of the molecule is COC(=O)C1CCN(CC(=O)Nc2c(F)c(F)c(F)c(F)c2F)CC1. The standard InChI is InChI=1S/C15H15F5N2O3/c1-25-15(24)7-2-4-22(5-3-7)6-8(23)21-14-12(19)10(17)9(16)11(18)13(14)20/h7H,2-6H2,1H3,(H,21,23). The number of esters is 1. The average Bonchev–Trinajstić information content (AvgIpc) is 2.62. The van der Waals surface area contributed by atoms with Crippen LogP contribution < -0.4 is 5.32 Å². The third-order valence-electron chi connectivity index (χ3n) is 3.96. The van der Waals surface area contributed by atoms with Gasteiger partial charge in [-0.15, -0.1) is 0 Å². The lowest BCUT2D eigenvalue weighted by atomic mass is 9.97. The molecule has 0 spiro atoms. The molecule has 0 aliphatic carbocycles. The third kappa shape index (κ3) is 4.06. The Morgan fingerprint density at radius 1 is 1.00 bits per heavy atom. The molecule has 1 N–H and O–H groups in total. The fourth-order valence-electron chi connectivity index (χ4n) is 2.59. The van der Waals surface area contributed by atoms with Crippen LogP contribution in [0.5, 0.6) is 0 Å². The lowest BCUT2D eigenvalue weighted by molar-refractivity contribution is -0.147. The first kappa shape index (κ1) is 19.1. The van der Waals surface area contributed by atoms with Gasteiger partial charge in [0.25, 0.3) is 0 Å². The number of halogens is 5. The van der Waals surface area contributed by atoms with Gasteiger partial charge in [0.05, 0.1) is 19.6 Å². The van der Waals surface area contributed by atoms with Crippen LogP contribution in [0.3, 0.4) is 0 Å². The van der Waals surface area contributed by atoms with Gasteiger partial charge >= 0.3 is 5.97 Å². The summed E-state index contributed by atoms with van der Waals surface area (Å²) in [4.78, 5) is 24.8. The molecule has 0 radical (unpaired) electrons. The maximum absolute atomic E-state index is 13.5. The zero-order valence-corrected chi connectivity index (χ0v) is 13.2. The zero-order chi connectivity index (χ0) is 18.7. The minimum absolute atomic E-state index is 0.292. The van der Waals surface area contributed by atoms with Crippen molar-refractivity contribution >= 4 is 17.6 Å². The van der Waals surface area contributed by atoms with E-state index in [-0.39, 0.29) is 18.4 Å². The molecule has 1 aromatic rings. The molecule has 5 nitrogen and oxygen atoms in total. The third-order valence-corrected chi connectivity index (χ3v) is 3.96. The van der Waals surface area contributed by atoms with Crippen molar-refractivity contribution in [3.63, 3.8) is 0 Å². The normalized spacial score (nSPS) is 15.9. The van der Waals surface area contributed by atoms with Gasteiger partial charge in [0.2, 0.25) is 11.7 Å². The van der Waals surface area contributed by atoms with Crippen molar-refractivity contribution in [1.29, 1.82) is 0 Å². The maximum atomic E-state index is 13.5. The van der Waals surface area contributed by atoms with Gasteiger partial charge < -0.3 is 10.1 Å². The van der Waals surface area contributed by atoms with E-state index in [9.17, 15) is 31.5 Å². The van der Waals surface area contributed by atoms with Gasteiger partial charge in [-0.2, -0.15) is 0 Å². The molecule has 1 aliphatic rings. The number of piperidine rings is 1. The van der Waals surface area contributed by atoms with E-state index >= 15 is 0 Å². The minimum Gasteiger partial charge on any atom is -0.469 e. The van der Waals surface area contributed by atoms with Crippen LogP contribution in [-0.2, 0) is 14.3 Å². The fraction of sp³-hybridized carbons (Fsp3) is 0.467. The summed E-state index contributed by atoms with van der Waals surface area (Å²) >= 11 is 0. The Hall–Kier alpha value is -2.23. The number of methoxy groups -OCH3 is 1. The number of anilines is 1. The van der Waals surface area contributed by atoms with Crippen LogP contribution in [0.2, 0.25) is 0 Å². The van der Waals surface area contributed by atoms with E-state index < -0.39 is 40.7 Å². The molecule has 0 saturated carbocycles. The number of carbonyl (C=O) groups excluding carboxylic acids is 2. The van der Waals surface area contributed by atoms with Gasteiger partial charge in [0.15, 0.2) is 23.3 Å². The van der Waals surface area contributed by atoms with Crippen molar-refractivity contribution in [1.82, 2.24) is 4.90 Å². The second-order valence-electron chi connectivity index (χ2n) is 5.57. The summed E-state index contributed by atoms with van der Waals surface area (Å²) in [5.74, 6) is -12.3. The largest absolute Gasteiger partial charge is 0.469 e. The van der Waals surface area contributed by atoms with Gasteiger partial charge in [-0.05, 0) is 25.9 Å². The molecule has 138 valence electrons. The van der Waals surface area contributed by atoms with E-state index in [1.807, 2.05) is 0 Å². The number of carbonyl (C=O) groups is 2. The summed E-state index contributed by atoms with van der Waals surface area (Å²) in [6.07, 6.45) is 0.866. The first-order chi connectivity index (χ1) is 11.8. The molecule has 25 heavy (non-hydrogen) atoms. The molecule has 0 unspecified atom stereocenters. The Labute approximate surface area is 139 Å². The average molecular weight is 366 g/mol. The fourth-order valence-corrected chi connectivity index (χ4v) is 2.59. The number of amides is 1. The van der Waals surface area contributed by atoms with E-state index in [0.29, 0.717) is 25.9 Å². The van der Waals surface area contributed by atoms with Crippen LogP contribution in [0.4, 0.5) is 27.6 Å². The highest BCUT2D eigenvalue weighted by molar-refractivity contribution is 5.92. The van der Waals surface area contributed by atoms with Gasteiger partial charge in [-0.25, -0.2) is 22.0 Å². The Kier molecular flexibility index (Phi) is 5.93. The van der Waals surface area contributed by atoms with Gasteiger partial charge in [-0.3, -0.25) is 14.5 Å². The Bertz CT molecular complexity index is 661. The quantitative estimate of drug-likeness (QED) is 0.384. The summed E-state index contributed by atoms with van der Waals surface area (Å²) < 4.78 is 70.8. The summed E-state index contributed by atoms with van der Waals surface area (Å²) in [6.45, 7) is 0.391. The summed E-state index contributed by atoms with van der Waals surface area (Å²) in [6, 6.07) is 0. The molecule has 2 rings (SSSR count). The Morgan fingerprint density at radius 2 is 1.48 bits per heavy atom. The molecule has 1 amide bonds. The van der Waals surface area contributed by atoms with Crippen LogP contribution in [0, 0.1) is 35.0 Å². The lowest BCUT2D eigenvalue weighted by Gasteiger charge is -2.29. The number of nitrogens with one attached hydrogen (secondary N) is 1. The van der Waals surface area contributed by atoms with Crippen LogP contribution in [0.25, 0.3) is 0 Å². The number of hydrogen-bond donors (Lipinski definition) is 1. The van der Waals surface area contributed by atoms with E-state index in [4.69, 9.17) is 0 Å². The van der Waals surface area contributed by atoms with E-state index in [1.165, 1.54) is 7.11 Å². The Morgan fingerprint density at radius 3 is 1.96 bits per heavy atom. The molecule has 0 aromatic heterocycles. The summed E-state index contributed by atoms with van der Waals surface area (Å²) in [5.41, 5.74) is -1.38. The maximum Gasteiger partial charge on any atom is 0.308 e. The van der Waals surface area contributed by atoms with Gasteiger partial charge in [0, 0.05) is 0 Å². The van der Waals surface area contributed by atoms with Crippen molar-refractivity contribution < 1.29 is 36.3 Å². The zero-order valence-electron chi connectivity index (χ0n) is 13.2. The molecule has 1 aliphatic heterocycles. The van der Waals surface area contributed by atoms with Crippen LogP contribution in [-0.4, -0.2) is 43.5 Å². The molecule has 10 heteroatoms. The first-order valence-electron chi connectivity index (χ1n) is 7.37. The minimum atomic E-state index is -2.29. The van der Waals surface area contributed by atoms with Crippen molar-refractivity contribution in [3.8, 4) is 0 Å². The second-order valence-corrected chi connectivity index (χ2v) is 5.57. The highest BCUT2D eigenvalue weighted by atomic mass is 19.2. The highest BCUT2D eigenvalue weighted by Crippen LogP contribution is 2.27. The summed E-state index contributed by atoms with van der Waals surface area (Å²) in [7, 11) is 1.27. The number of likely N-dealkylation sites (tertiary alicyclic amines) is 1. The number of benzene rings is 1. The van der Waals surface area contributed by atoms with Gasteiger partial charge in [-0.1, -0.05) is 0 Å². The monoisotopic (exact) mass is 366 g/mol. The number of hydrogen-bond acceptors (Lipinski definition) is 4. The summed E-state index contributed by atoms with van der Waals surface area (Å²) in [5, 5.41) is 1.71. The Balaban J connectivity index is 1.99. The molecule has 0 atom stereocenters. The topological polar surface area (TPSA) is 58.6 Å². The first-order valence-corrected chi connectivity index (χ1v) is 7.37. The van der Waals surface area contributed by atoms with Crippen molar-refractivity contribution in [2.24, 2.45) is 5.92 Å². The van der Waals surface area contributed by atoms with E-state index in [2.05, 4.69) is 4.74 Å². The molecule has 1 heterocycles. The molecular formula is C15H15F5N2O3. The smallest absolute Gasteiger partial charge is 0.308 e. The predicted octanol–water partition coefficient (Wildman–Crippen LogP) is 2.21. The van der Waals surface area contributed by atoms with E-state index in [1.54, 1.807) is 10.2 Å². The van der Waals surface area contributed by atoms with Crippen molar-refractivity contribution in [2.45, 2.75) is 12.8 Å². The second kappa shape index (κ2) is 7.77. The molecule has 0 bridgehead atoms. The number of nitrogens with zero attached hydrogens (tertiary/aromatic N) is 1. The number of ether oxygens (including phenoxy) is 1. The van der Waals surface area contributed by atoms with Crippen molar-refractivity contribution in [3.05, 3.63) is 29.1 Å². The molecular weight excluding hydrogens is 351 g/mol. The highest BCUT2D eigenvalue weighted by Gasteiger charge is 2.29. The van der Waals surface area contributed by atoms with Crippen molar-refractivity contribution in [2.75, 3.05) is 32.1 Å². The number of rotatable bonds is 4. The molecule has 1 saturated heterocycles. The lowest BCUT2D eigenvalue weighted by Crippen LogP contribution is -2.41. The van der Waals surface area contributed by atoms with Crippen LogP contribution >= 0.6 is 0 Å². The van der Waals surface area contributed by atoms with Crippen LogP contribution in [0.15, 0.2) is 0 Å².